The number of ether oxygens (including phenoxy) is 1. The second kappa shape index (κ2) is 4.78. The summed E-state index contributed by atoms with van der Waals surface area (Å²) in [7, 11) is 0. The monoisotopic (exact) mass is 230 g/mol. The Hall–Kier alpha value is -2.16. The Balaban J connectivity index is 2.35. The van der Waals surface area contributed by atoms with Crippen molar-refractivity contribution < 1.29 is 13.9 Å². The maximum atomic E-state index is 13.5. The minimum absolute atomic E-state index is 0.0358. The van der Waals surface area contributed by atoms with Crippen LogP contribution in [0.4, 0.5) is 4.39 Å². The molecule has 0 aliphatic heterocycles. The minimum Gasteiger partial charge on any atom is -0.454 e. The zero-order valence-electron chi connectivity index (χ0n) is 9.31. The predicted molar refractivity (Wildman–Crippen MR) is 63.0 cm³/mol. The molecule has 2 aromatic carbocycles. The molecular weight excluding hydrogens is 219 g/mol. The van der Waals surface area contributed by atoms with Crippen LogP contribution in [-0.4, -0.2) is 6.29 Å². The lowest BCUT2D eigenvalue weighted by atomic mass is 10.2. The Bertz CT molecular complexity index is 532. The van der Waals surface area contributed by atoms with Gasteiger partial charge in [-0.05, 0) is 31.2 Å². The molecule has 0 saturated carbocycles. The van der Waals surface area contributed by atoms with E-state index in [-0.39, 0.29) is 11.3 Å². The SMILES string of the molecule is Cc1ccc(Oc2c(F)cccc2C=O)cc1. The molecule has 86 valence electrons. The number of halogens is 1. The lowest BCUT2D eigenvalue weighted by molar-refractivity contribution is 0.112. The largest absolute Gasteiger partial charge is 0.454 e. The minimum atomic E-state index is -0.546. The van der Waals surface area contributed by atoms with Crippen LogP contribution in [0, 0.1) is 12.7 Å². The number of hydrogen-bond acceptors (Lipinski definition) is 2. The van der Waals surface area contributed by atoms with Crippen LogP contribution < -0.4 is 4.74 Å². The summed E-state index contributed by atoms with van der Waals surface area (Å²) in [6.45, 7) is 1.95. The highest BCUT2D eigenvalue weighted by Crippen LogP contribution is 2.27. The highest BCUT2D eigenvalue weighted by Gasteiger charge is 2.09. The van der Waals surface area contributed by atoms with Crippen LogP contribution in [0.25, 0.3) is 0 Å². The van der Waals surface area contributed by atoms with Crippen LogP contribution in [0.1, 0.15) is 15.9 Å². The zero-order chi connectivity index (χ0) is 12.3. The van der Waals surface area contributed by atoms with Gasteiger partial charge >= 0.3 is 0 Å². The molecule has 0 heterocycles. The van der Waals surface area contributed by atoms with E-state index in [0.717, 1.165) is 5.56 Å². The van der Waals surface area contributed by atoms with E-state index in [1.54, 1.807) is 12.1 Å². The summed E-state index contributed by atoms with van der Waals surface area (Å²) in [5.74, 6) is -0.0784. The maximum absolute atomic E-state index is 13.5. The van der Waals surface area contributed by atoms with Gasteiger partial charge in [-0.2, -0.15) is 0 Å². The van der Waals surface area contributed by atoms with Crippen molar-refractivity contribution in [1.29, 1.82) is 0 Å². The average molecular weight is 230 g/mol. The standard InChI is InChI=1S/C14H11FO2/c1-10-5-7-12(8-6-10)17-14-11(9-16)3-2-4-13(14)15/h2-9H,1H3. The first-order valence-electron chi connectivity index (χ1n) is 5.19. The fourth-order valence-electron chi connectivity index (χ4n) is 1.45. The molecule has 0 N–H and O–H groups in total. The Morgan fingerprint density at radius 3 is 2.47 bits per heavy atom. The second-order valence-corrected chi connectivity index (χ2v) is 3.69. The number of carbonyl (C=O) groups is 1. The van der Waals surface area contributed by atoms with E-state index in [2.05, 4.69) is 0 Å². The number of para-hydroxylation sites is 1. The smallest absolute Gasteiger partial charge is 0.173 e. The first-order chi connectivity index (χ1) is 8.20. The van der Waals surface area contributed by atoms with Crippen LogP contribution >= 0.6 is 0 Å². The van der Waals surface area contributed by atoms with Crippen molar-refractivity contribution >= 4 is 6.29 Å². The van der Waals surface area contributed by atoms with Gasteiger partial charge in [0.05, 0.1) is 5.56 Å². The summed E-state index contributed by atoms with van der Waals surface area (Å²) >= 11 is 0. The number of rotatable bonds is 3. The van der Waals surface area contributed by atoms with Gasteiger partial charge in [0.2, 0.25) is 0 Å². The van der Waals surface area contributed by atoms with Crippen LogP contribution in [0.2, 0.25) is 0 Å². The number of aryl methyl sites for hydroxylation is 1. The first-order valence-corrected chi connectivity index (χ1v) is 5.19. The number of aldehydes is 1. The molecule has 2 nitrogen and oxygen atoms in total. The molecule has 2 rings (SSSR count). The molecule has 0 atom stereocenters. The van der Waals surface area contributed by atoms with E-state index in [0.29, 0.717) is 12.0 Å². The van der Waals surface area contributed by atoms with Crippen molar-refractivity contribution in [1.82, 2.24) is 0 Å². The van der Waals surface area contributed by atoms with E-state index in [1.807, 2.05) is 19.1 Å². The van der Waals surface area contributed by atoms with Gasteiger partial charge in [-0.1, -0.05) is 23.8 Å². The topological polar surface area (TPSA) is 26.3 Å². The van der Waals surface area contributed by atoms with Crippen molar-refractivity contribution in [2.24, 2.45) is 0 Å². The van der Waals surface area contributed by atoms with Gasteiger partial charge in [0, 0.05) is 0 Å². The summed E-state index contributed by atoms with van der Waals surface area (Å²) in [4.78, 5) is 10.8. The second-order valence-electron chi connectivity index (χ2n) is 3.69. The van der Waals surface area contributed by atoms with Gasteiger partial charge in [-0.25, -0.2) is 4.39 Å². The molecule has 0 unspecified atom stereocenters. The van der Waals surface area contributed by atoms with Gasteiger partial charge in [-0.3, -0.25) is 4.79 Å². The first kappa shape index (κ1) is 11.3. The molecular formula is C14H11FO2. The third-order valence-electron chi connectivity index (χ3n) is 2.37. The van der Waals surface area contributed by atoms with Crippen molar-refractivity contribution in [3.05, 3.63) is 59.4 Å². The van der Waals surface area contributed by atoms with Crippen LogP contribution in [-0.2, 0) is 0 Å². The number of benzene rings is 2. The van der Waals surface area contributed by atoms with Crippen molar-refractivity contribution in [3.63, 3.8) is 0 Å². The predicted octanol–water partition coefficient (Wildman–Crippen LogP) is 3.74. The van der Waals surface area contributed by atoms with Gasteiger partial charge < -0.3 is 4.74 Å². The van der Waals surface area contributed by atoms with Crippen molar-refractivity contribution in [2.75, 3.05) is 0 Å². The van der Waals surface area contributed by atoms with Crippen molar-refractivity contribution in [3.8, 4) is 11.5 Å². The van der Waals surface area contributed by atoms with E-state index in [4.69, 9.17) is 4.74 Å². The lowest BCUT2D eigenvalue weighted by Crippen LogP contribution is -1.93. The van der Waals surface area contributed by atoms with Gasteiger partial charge in [0.25, 0.3) is 0 Å². The maximum Gasteiger partial charge on any atom is 0.173 e. The Labute approximate surface area is 98.7 Å². The van der Waals surface area contributed by atoms with Crippen LogP contribution in [0.3, 0.4) is 0 Å². The molecule has 17 heavy (non-hydrogen) atoms. The number of hydrogen-bond donors (Lipinski definition) is 0. The molecule has 0 spiro atoms. The summed E-state index contributed by atoms with van der Waals surface area (Å²) < 4.78 is 18.9. The summed E-state index contributed by atoms with van der Waals surface area (Å²) in [6, 6.07) is 11.4. The molecule has 3 heteroatoms. The van der Waals surface area contributed by atoms with E-state index >= 15 is 0 Å². The van der Waals surface area contributed by atoms with Crippen LogP contribution in [0.5, 0.6) is 11.5 Å². The third kappa shape index (κ3) is 2.50. The van der Waals surface area contributed by atoms with Crippen LogP contribution in [0.15, 0.2) is 42.5 Å². The fraction of sp³-hybridized carbons (Fsp3) is 0.0714. The normalized spacial score (nSPS) is 10.0. The molecule has 0 radical (unpaired) electrons. The third-order valence-corrected chi connectivity index (χ3v) is 2.37. The van der Waals surface area contributed by atoms with Gasteiger partial charge in [-0.15, -0.1) is 0 Å². The summed E-state index contributed by atoms with van der Waals surface area (Å²) in [5.41, 5.74) is 1.28. The lowest BCUT2D eigenvalue weighted by Gasteiger charge is -2.08. The van der Waals surface area contributed by atoms with Gasteiger partial charge in [0.15, 0.2) is 17.9 Å². The Morgan fingerprint density at radius 2 is 1.82 bits per heavy atom. The zero-order valence-corrected chi connectivity index (χ0v) is 9.31. The molecule has 0 aliphatic rings. The van der Waals surface area contributed by atoms with E-state index in [9.17, 15) is 9.18 Å². The van der Waals surface area contributed by atoms with E-state index in [1.165, 1.54) is 18.2 Å². The van der Waals surface area contributed by atoms with E-state index < -0.39 is 5.82 Å². The molecule has 0 aromatic heterocycles. The molecule has 0 bridgehead atoms. The number of carbonyl (C=O) groups excluding carboxylic acids is 1. The summed E-state index contributed by atoms with van der Waals surface area (Å²) in [6.07, 6.45) is 0.576. The molecule has 2 aromatic rings. The fourth-order valence-corrected chi connectivity index (χ4v) is 1.45. The average Bonchev–Trinajstić information content (AvgIpc) is 2.34. The molecule has 0 aliphatic carbocycles. The highest BCUT2D eigenvalue weighted by atomic mass is 19.1. The quantitative estimate of drug-likeness (QED) is 0.751. The molecule has 0 fully saturated rings. The Morgan fingerprint density at radius 1 is 1.12 bits per heavy atom. The molecule has 0 amide bonds. The highest BCUT2D eigenvalue weighted by molar-refractivity contribution is 5.79. The summed E-state index contributed by atoms with van der Waals surface area (Å²) in [5, 5.41) is 0. The molecule has 0 saturated heterocycles. The van der Waals surface area contributed by atoms with Crippen molar-refractivity contribution in [2.45, 2.75) is 6.92 Å². The van der Waals surface area contributed by atoms with Gasteiger partial charge in [0.1, 0.15) is 5.75 Å². The Kier molecular flexibility index (Phi) is 3.19.